The maximum Gasteiger partial charge on any atom is 0.242 e. The van der Waals surface area contributed by atoms with Gasteiger partial charge in [0.25, 0.3) is 0 Å². The van der Waals surface area contributed by atoms with Gasteiger partial charge in [-0.25, -0.2) is 0 Å². The molecule has 6 nitrogen and oxygen atoms in total. The molecular formula is C15H21N3O3. The maximum atomic E-state index is 12.3. The number of amides is 2. The van der Waals surface area contributed by atoms with Gasteiger partial charge in [0.2, 0.25) is 11.8 Å². The summed E-state index contributed by atoms with van der Waals surface area (Å²) in [5.74, 6) is -0.600. The van der Waals surface area contributed by atoms with Crippen LogP contribution in [0.4, 0.5) is 5.69 Å². The normalized spacial score (nSPS) is 17.5. The van der Waals surface area contributed by atoms with Gasteiger partial charge in [0.05, 0.1) is 12.5 Å². The Hall–Kier alpha value is -2.08. The van der Waals surface area contributed by atoms with Gasteiger partial charge in [0.1, 0.15) is 6.04 Å². The third-order valence-electron chi connectivity index (χ3n) is 3.51. The Morgan fingerprint density at radius 2 is 2.19 bits per heavy atom. The van der Waals surface area contributed by atoms with E-state index in [1.807, 2.05) is 24.3 Å². The lowest BCUT2D eigenvalue weighted by Gasteiger charge is -2.17. The molecule has 114 valence electrons. The zero-order valence-electron chi connectivity index (χ0n) is 12.3. The summed E-state index contributed by atoms with van der Waals surface area (Å²) in [6.45, 7) is 3.12. The van der Waals surface area contributed by atoms with Gasteiger partial charge in [-0.05, 0) is 18.6 Å². The minimum absolute atomic E-state index is 0.137. The predicted molar refractivity (Wildman–Crippen MR) is 80.2 cm³/mol. The Morgan fingerprint density at radius 3 is 2.95 bits per heavy atom. The number of benzene rings is 1. The maximum absolute atomic E-state index is 12.3. The van der Waals surface area contributed by atoms with E-state index in [1.54, 1.807) is 14.0 Å². The van der Waals surface area contributed by atoms with Crippen LogP contribution in [-0.2, 0) is 14.3 Å². The van der Waals surface area contributed by atoms with Gasteiger partial charge in [-0.15, -0.1) is 0 Å². The monoisotopic (exact) mass is 291 g/mol. The van der Waals surface area contributed by atoms with Crippen molar-refractivity contribution in [1.82, 2.24) is 10.6 Å². The lowest BCUT2D eigenvalue weighted by Crippen LogP contribution is -2.47. The summed E-state index contributed by atoms with van der Waals surface area (Å²) < 4.78 is 4.86. The molecule has 0 saturated carbocycles. The summed E-state index contributed by atoms with van der Waals surface area (Å²) in [4.78, 5) is 24.1. The molecule has 1 aromatic carbocycles. The minimum atomic E-state index is -0.567. The zero-order valence-corrected chi connectivity index (χ0v) is 12.3. The van der Waals surface area contributed by atoms with Crippen LogP contribution in [0.15, 0.2) is 24.3 Å². The number of methoxy groups -OCH3 is 1. The van der Waals surface area contributed by atoms with Crippen LogP contribution in [0, 0.1) is 0 Å². The van der Waals surface area contributed by atoms with Crippen LogP contribution in [-0.4, -0.2) is 44.7 Å². The molecule has 1 aliphatic rings. The molecule has 1 aliphatic heterocycles. The number of hydrogen-bond donors (Lipinski definition) is 3. The molecule has 1 heterocycles. The smallest absolute Gasteiger partial charge is 0.242 e. The van der Waals surface area contributed by atoms with E-state index in [-0.39, 0.29) is 17.7 Å². The lowest BCUT2D eigenvalue weighted by atomic mass is 10.0. The fraction of sp³-hybridized carbons (Fsp3) is 0.467. The van der Waals surface area contributed by atoms with Gasteiger partial charge in [0.15, 0.2) is 0 Å². The Morgan fingerprint density at radius 1 is 1.43 bits per heavy atom. The van der Waals surface area contributed by atoms with Crippen molar-refractivity contribution in [3.05, 3.63) is 29.8 Å². The standard InChI is InChI=1S/C15H21N3O3/c1-10(14(19)16-7-8-21-2)18-15(20)12-9-17-13-6-4-3-5-11(12)13/h3-6,10,12,17H,7-9H2,1-2H3,(H,16,19)(H,18,20). The molecule has 21 heavy (non-hydrogen) atoms. The Kier molecular flexibility index (Phi) is 5.16. The molecule has 2 amide bonds. The molecule has 0 aromatic heterocycles. The van der Waals surface area contributed by atoms with Gasteiger partial charge >= 0.3 is 0 Å². The average molecular weight is 291 g/mol. The highest BCUT2D eigenvalue weighted by molar-refractivity contribution is 5.92. The van der Waals surface area contributed by atoms with Crippen molar-refractivity contribution in [2.75, 3.05) is 32.1 Å². The highest BCUT2D eigenvalue weighted by atomic mass is 16.5. The lowest BCUT2D eigenvalue weighted by molar-refractivity contribution is -0.129. The van der Waals surface area contributed by atoms with E-state index >= 15 is 0 Å². The Labute approximate surface area is 124 Å². The van der Waals surface area contributed by atoms with Gasteiger partial charge in [-0.2, -0.15) is 0 Å². The highest BCUT2D eigenvalue weighted by Gasteiger charge is 2.29. The first-order valence-corrected chi connectivity index (χ1v) is 7.03. The Bertz CT molecular complexity index is 519. The molecule has 3 N–H and O–H groups in total. The van der Waals surface area contributed by atoms with Crippen molar-refractivity contribution in [1.29, 1.82) is 0 Å². The van der Waals surface area contributed by atoms with E-state index in [9.17, 15) is 9.59 Å². The zero-order chi connectivity index (χ0) is 15.2. The van der Waals surface area contributed by atoms with Crippen LogP contribution in [0.25, 0.3) is 0 Å². The number of carbonyl (C=O) groups is 2. The van der Waals surface area contributed by atoms with Gasteiger partial charge in [-0.1, -0.05) is 18.2 Å². The minimum Gasteiger partial charge on any atom is -0.384 e. The van der Waals surface area contributed by atoms with Crippen LogP contribution in [0.3, 0.4) is 0 Å². The number of carbonyl (C=O) groups excluding carboxylic acids is 2. The van der Waals surface area contributed by atoms with Crippen molar-refractivity contribution in [2.45, 2.75) is 18.9 Å². The summed E-state index contributed by atoms with van der Waals surface area (Å²) >= 11 is 0. The highest BCUT2D eigenvalue weighted by Crippen LogP contribution is 2.30. The quantitative estimate of drug-likeness (QED) is 0.665. The number of nitrogens with one attached hydrogen (secondary N) is 3. The van der Waals surface area contributed by atoms with Gasteiger partial charge in [-0.3, -0.25) is 9.59 Å². The fourth-order valence-corrected chi connectivity index (χ4v) is 2.33. The first-order chi connectivity index (χ1) is 10.1. The van der Waals surface area contributed by atoms with Crippen molar-refractivity contribution < 1.29 is 14.3 Å². The van der Waals surface area contributed by atoms with Crippen molar-refractivity contribution in [3.8, 4) is 0 Å². The molecule has 0 spiro atoms. The first-order valence-electron chi connectivity index (χ1n) is 7.03. The second-order valence-corrected chi connectivity index (χ2v) is 5.03. The molecule has 2 rings (SSSR count). The molecule has 0 bridgehead atoms. The summed E-state index contributed by atoms with van der Waals surface area (Å²) in [5.41, 5.74) is 1.96. The molecule has 0 aliphatic carbocycles. The molecule has 0 radical (unpaired) electrons. The third kappa shape index (κ3) is 3.72. The number of anilines is 1. The first kappa shape index (κ1) is 15.3. The number of ether oxygens (including phenoxy) is 1. The van der Waals surface area contributed by atoms with Gasteiger partial charge < -0.3 is 20.7 Å². The average Bonchev–Trinajstić information content (AvgIpc) is 2.91. The van der Waals surface area contributed by atoms with E-state index in [2.05, 4.69) is 16.0 Å². The van der Waals surface area contributed by atoms with Crippen molar-refractivity contribution >= 4 is 17.5 Å². The van der Waals surface area contributed by atoms with E-state index in [1.165, 1.54) is 0 Å². The molecule has 0 saturated heterocycles. The molecule has 1 aromatic rings. The fourth-order valence-electron chi connectivity index (χ4n) is 2.33. The largest absolute Gasteiger partial charge is 0.384 e. The second kappa shape index (κ2) is 7.08. The van der Waals surface area contributed by atoms with E-state index in [0.717, 1.165) is 11.3 Å². The summed E-state index contributed by atoms with van der Waals surface area (Å²) in [5, 5.41) is 8.66. The molecule has 6 heteroatoms. The summed E-state index contributed by atoms with van der Waals surface area (Å²) in [6, 6.07) is 7.15. The summed E-state index contributed by atoms with van der Waals surface area (Å²) in [7, 11) is 1.57. The third-order valence-corrected chi connectivity index (χ3v) is 3.51. The topological polar surface area (TPSA) is 79.5 Å². The SMILES string of the molecule is COCCNC(=O)C(C)NC(=O)C1CNc2ccccc21. The second-order valence-electron chi connectivity index (χ2n) is 5.03. The predicted octanol–water partition coefficient (Wildman–Crippen LogP) is 0.463. The number of para-hydroxylation sites is 1. The molecule has 2 unspecified atom stereocenters. The van der Waals surface area contributed by atoms with E-state index < -0.39 is 6.04 Å². The molecular weight excluding hydrogens is 270 g/mol. The van der Waals surface area contributed by atoms with Crippen LogP contribution in [0.2, 0.25) is 0 Å². The van der Waals surface area contributed by atoms with E-state index in [4.69, 9.17) is 4.74 Å². The molecule has 0 fully saturated rings. The Balaban J connectivity index is 1.89. The van der Waals surface area contributed by atoms with Gasteiger partial charge in [0, 0.05) is 25.9 Å². The van der Waals surface area contributed by atoms with Crippen molar-refractivity contribution in [2.24, 2.45) is 0 Å². The number of fused-ring (bicyclic) bond motifs is 1. The summed E-state index contributed by atoms with van der Waals surface area (Å²) in [6.07, 6.45) is 0. The van der Waals surface area contributed by atoms with Crippen LogP contribution < -0.4 is 16.0 Å². The number of rotatable bonds is 6. The van der Waals surface area contributed by atoms with Crippen LogP contribution in [0.1, 0.15) is 18.4 Å². The van der Waals surface area contributed by atoms with Crippen LogP contribution >= 0.6 is 0 Å². The number of hydrogen-bond acceptors (Lipinski definition) is 4. The van der Waals surface area contributed by atoms with E-state index in [0.29, 0.717) is 19.7 Å². The molecule has 2 atom stereocenters. The van der Waals surface area contributed by atoms with Crippen molar-refractivity contribution in [3.63, 3.8) is 0 Å². The van der Waals surface area contributed by atoms with Crippen LogP contribution in [0.5, 0.6) is 0 Å².